The molecule has 2 atom stereocenters. The van der Waals surface area contributed by atoms with E-state index in [-0.39, 0.29) is 24.1 Å². The predicted octanol–water partition coefficient (Wildman–Crippen LogP) is 1.53. The molecule has 1 heterocycles. The van der Waals surface area contributed by atoms with Gasteiger partial charge in [0.15, 0.2) is 0 Å². The molecule has 3 aromatic carbocycles. The molecule has 1 saturated heterocycles. The highest BCUT2D eigenvalue weighted by Crippen LogP contribution is 2.17. The summed E-state index contributed by atoms with van der Waals surface area (Å²) >= 11 is 0. The van der Waals surface area contributed by atoms with E-state index >= 15 is 0 Å². The Kier molecular flexibility index (Phi) is 6.47. The van der Waals surface area contributed by atoms with Crippen LogP contribution >= 0.6 is 0 Å². The molecule has 0 spiro atoms. The first-order chi connectivity index (χ1) is 15.5. The van der Waals surface area contributed by atoms with Gasteiger partial charge in [0.25, 0.3) is 0 Å². The van der Waals surface area contributed by atoms with Gasteiger partial charge in [-0.1, -0.05) is 66.7 Å². The minimum absolute atomic E-state index is 0.110. The fourth-order valence-electron chi connectivity index (χ4n) is 3.82. The smallest absolute Gasteiger partial charge is 0.243 e. The van der Waals surface area contributed by atoms with Gasteiger partial charge >= 0.3 is 0 Å². The van der Waals surface area contributed by atoms with Crippen molar-refractivity contribution in [2.24, 2.45) is 5.73 Å². The number of piperazine rings is 1. The standard InChI is InChI=1S/C25H26N4O3/c26-14-16-5-7-17(8-6-16)15-27-23(30)13-22-25(32)28-21(24(31)29-22)12-18-9-10-19-3-1-2-4-20(19)11-18/h1-11,21-22H,12-15,26H2,(H,27,30)(H,28,32)(H,29,31). The Hall–Kier alpha value is -3.71. The third-order valence-corrected chi connectivity index (χ3v) is 5.66. The van der Waals surface area contributed by atoms with Crippen LogP contribution in [-0.4, -0.2) is 29.8 Å². The van der Waals surface area contributed by atoms with Crippen molar-refractivity contribution in [2.45, 2.75) is 38.0 Å². The Morgan fingerprint density at radius 3 is 2.19 bits per heavy atom. The van der Waals surface area contributed by atoms with Crippen LogP contribution in [0.1, 0.15) is 23.1 Å². The van der Waals surface area contributed by atoms with Crippen molar-refractivity contribution in [2.75, 3.05) is 0 Å². The fraction of sp³-hybridized carbons (Fsp3) is 0.240. The summed E-state index contributed by atoms with van der Waals surface area (Å²) in [6, 6.07) is 20.0. The zero-order valence-electron chi connectivity index (χ0n) is 17.6. The second-order valence-electron chi connectivity index (χ2n) is 8.01. The number of nitrogens with one attached hydrogen (secondary N) is 3. The molecule has 0 radical (unpaired) electrons. The number of amides is 3. The van der Waals surface area contributed by atoms with E-state index in [4.69, 9.17) is 5.73 Å². The monoisotopic (exact) mass is 430 g/mol. The molecule has 1 fully saturated rings. The lowest BCUT2D eigenvalue weighted by Gasteiger charge is -2.29. The van der Waals surface area contributed by atoms with E-state index in [2.05, 4.69) is 16.0 Å². The number of fused-ring (bicyclic) bond motifs is 1. The molecule has 5 N–H and O–H groups in total. The van der Waals surface area contributed by atoms with E-state index in [0.29, 0.717) is 19.5 Å². The van der Waals surface area contributed by atoms with Gasteiger partial charge in [0, 0.05) is 19.5 Å². The molecule has 3 amide bonds. The average molecular weight is 431 g/mol. The van der Waals surface area contributed by atoms with Crippen LogP contribution in [0.5, 0.6) is 0 Å². The van der Waals surface area contributed by atoms with Crippen molar-refractivity contribution in [1.29, 1.82) is 0 Å². The number of hydrogen-bond acceptors (Lipinski definition) is 4. The van der Waals surface area contributed by atoms with Crippen LogP contribution in [0.2, 0.25) is 0 Å². The summed E-state index contributed by atoms with van der Waals surface area (Å²) in [6.07, 6.45) is 0.279. The first-order valence-corrected chi connectivity index (χ1v) is 10.6. The lowest BCUT2D eigenvalue weighted by Crippen LogP contribution is -2.63. The van der Waals surface area contributed by atoms with Crippen LogP contribution < -0.4 is 21.7 Å². The number of hydrogen-bond donors (Lipinski definition) is 4. The van der Waals surface area contributed by atoms with Gasteiger partial charge in [-0.2, -0.15) is 0 Å². The molecule has 3 aromatic rings. The molecule has 2 unspecified atom stereocenters. The molecule has 0 bridgehead atoms. The summed E-state index contributed by atoms with van der Waals surface area (Å²) in [5, 5.41) is 10.4. The Labute approximate surface area is 186 Å². The molecule has 0 saturated carbocycles. The van der Waals surface area contributed by atoms with Crippen LogP contribution in [0.25, 0.3) is 10.8 Å². The first kappa shape index (κ1) is 21.5. The van der Waals surface area contributed by atoms with Crippen LogP contribution in [-0.2, 0) is 33.9 Å². The van der Waals surface area contributed by atoms with Crippen molar-refractivity contribution < 1.29 is 14.4 Å². The number of nitrogens with two attached hydrogens (primary N) is 1. The lowest BCUT2D eigenvalue weighted by molar-refractivity contribution is -0.138. The maximum absolute atomic E-state index is 12.6. The summed E-state index contributed by atoms with van der Waals surface area (Å²) in [5.74, 6) is -0.938. The third kappa shape index (κ3) is 5.12. The normalized spacial score (nSPS) is 18.2. The lowest BCUT2D eigenvalue weighted by atomic mass is 9.98. The summed E-state index contributed by atoms with van der Waals surface area (Å²) in [5.41, 5.74) is 8.49. The molecule has 4 rings (SSSR count). The molecule has 1 aliphatic rings. The summed E-state index contributed by atoms with van der Waals surface area (Å²) in [4.78, 5) is 37.4. The number of rotatable bonds is 7. The van der Waals surface area contributed by atoms with Gasteiger partial charge in [0.05, 0.1) is 6.42 Å². The summed E-state index contributed by atoms with van der Waals surface area (Å²) < 4.78 is 0. The maximum atomic E-state index is 12.6. The molecule has 164 valence electrons. The van der Waals surface area contributed by atoms with E-state index in [1.54, 1.807) is 0 Å². The van der Waals surface area contributed by atoms with Crippen LogP contribution in [0.15, 0.2) is 66.7 Å². The van der Waals surface area contributed by atoms with E-state index in [0.717, 1.165) is 27.5 Å². The molecular formula is C25H26N4O3. The van der Waals surface area contributed by atoms with Gasteiger partial charge in [0.2, 0.25) is 17.7 Å². The Bertz CT molecular complexity index is 1140. The number of carbonyl (C=O) groups excluding carboxylic acids is 3. The van der Waals surface area contributed by atoms with Crippen LogP contribution in [0, 0.1) is 0 Å². The quantitative estimate of drug-likeness (QED) is 0.455. The Balaban J connectivity index is 1.30. The predicted molar refractivity (Wildman–Crippen MR) is 122 cm³/mol. The average Bonchev–Trinajstić information content (AvgIpc) is 2.81. The minimum atomic E-state index is -0.880. The SMILES string of the molecule is NCc1ccc(CNC(=O)CC2NC(=O)C(Cc3ccc4ccccc4c3)NC2=O)cc1. The van der Waals surface area contributed by atoms with Gasteiger partial charge in [-0.05, 0) is 27.5 Å². The van der Waals surface area contributed by atoms with Crippen molar-refractivity contribution >= 4 is 28.5 Å². The third-order valence-electron chi connectivity index (χ3n) is 5.66. The maximum Gasteiger partial charge on any atom is 0.243 e. The molecule has 0 aromatic heterocycles. The highest BCUT2D eigenvalue weighted by Gasteiger charge is 2.34. The zero-order chi connectivity index (χ0) is 22.5. The van der Waals surface area contributed by atoms with Crippen LogP contribution in [0.3, 0.4) is 0 Å². The highest BCUT2D eigenvalue weighted by atomic mass is 16.2. The molecule has 0 aliphatic carbocycles. The molecule has 1 aliphatic heterocycles. The minimum Gasteiger partial charge on any atom is -0.352 e. The first-order valence-electron chi connectivity index (χ1n) is 10.6. The molecule has 32 heavy (non-hydrogen) atoms. The number of benzene rings is 3. The second kappa shape index (κ2) is 9.62. The van der Waals surface area contributed by atoms with Gasteiger partial charge in [-0.25, -0.2) is 0 Å². The zero-order valence-corrected chi connectivity index (χ0v) is 17.6. The second-order valence-corrected chi connectivity index (χ2v) is 8.01. The van der Waals surface area contributed by atoms with E-state index in [1.165, 1.54) is 0 Å². The molecule has 7 heteroatoms. The highest BCUT2D eigenvalue weighted by molar-refractivity contribution is 5.99. The fourth-order valence-corrected chi connectivity index (χ4v) is 3.82. The van der Waals surface area contributed by atoms with Crippen molar-refractivity contribution in [3.8, 4) is 0 Å². The van der Waals surface area contributed by atoms with E-state index in [9.17, 15) is 14.4 Å². The van der Waals surface area contributed by atoms with Crippen molar-refractivity contribution in [3.63, 3.8) is 0 Å². The van der Waals surface area contributed by atoms with E-state index < -0.39 is 12.1 Å². The van der Waals surface area contributed by atoms with Gasteiger partial charge in [0.1, 0.15) is 12.1 Å². The van der Waals surface area contributed by atoms with Crippen molar-refractivity contribution in [1.82, 2.24) is 16.0 Å². The Morgan fingerprint density at radius 2 is 1.44 bits per heavy atom. The Morgan fingerprint density at radius 1 is 0.812 bits per heavy atom. The van der Waals surface area contributed by atoms with Crippen molar-refractivity contribution in [3.05, 3.63) is 83.4 Å². The van der Waals surface area contributed by atoms with Gasteiger partial charge in [-0.3, -0.25) is 14.4 Å². The van der Waals surface area contributed by atoms with Gasteiger partial charge < -0.3 is 21.7 Å². The summed E-state index contributed by atoms with van der Waals surface area (Å²) in [7, 11) is 0. The molecular weight excluding hydrogens is 404 g/mol. The van der Waals surface area contributed by atoms with Gasteiger partial charge in [-0.15, -0.1) is 0 Å². The van der Waals surface area contributed by atoms with Crippen LogP contribution in [0.4, 0.5) is 0 Å². The van der Waals surface area contributed by atoms with E-state index in [1.807, 2.05) is 66.7 Å². The molecule has 7 nitrogen and oxygen atoms in total. The topological polar surface area (TPSA) is 113 Å². The number of carbonyl (C=O) groups is 3. The largest absolute Gasteiger partial charge is 0.352 e. The summed E-state index contributed by atoms with van der Waals surface area (Å²) in [6.45, 7) is 0.807.